The van der Waals surface area contributed by atoms with Gasteiger partial charge >= 0.3 is 5.97 Å². The highest BCUT2D eigenvalue weighted by Gasteiger charge is 2.08. The van der Waals surface area contributed by atoms with Crippen LogP contribution in [-0.4, -0.2) is 11.1 Å². The molecule has 0 aliphatic rings. The SMILES string of the molecule is Nc1cc(Oc2cccc(I)c2)ccc1C(=O)O. The molecule has 92 valence electrons. The summed E-state index contributed by atoms with van der Waals surface area (Å²) in [6.07, 6.45) is 0. The molecule has 0 spiro atoms. The van der Waals surface area contributed by atoms with Gasteiger partial charge in [0.05, 0.1) is 5.56 Å². The lowest BCUT2D eigenvalue weighted by Crippen LogP contribution is -2.02. The maximum atomic E-state index is 10.8. The molecule has 2 aromatic carbocycles. The van der Waals surface area contributed by atoms with Gasteiger partial charge in [0, 0.05) is 15.3 Å². The second-order valence-electron chi connectivity index (χ2n) is 3.61. The lowest BCUT2D eigenvalue weighted by molar-refractivity contribution is 0.0698. The highest BCUT2D eigenvalue weighted by Crippen LogP contribution is 2.26. The normalized spacial score (nSPS) is 10.1. The Balaban J connectivity index is 2.25. The van der Waals surface area contributed by atoms with Gasteiger partial charge in [-0.15, -0.1) is 0 Å². The summed E-state index contributed by atoms with van der Waals surface area (Å²) in [5.41, 5.74) is 5.90. The predicted molar refractivity (Wildman–Crippen MR) is 77.0 cm³/mol. The molecule has 0 atom stereocenters. The smallest absolute Gasteiger partial charge is 0.337 e. The van der Waals surface area contributed by atoms with E-state index in [0.29, 0.717) is 11.5 Å². The van der Waals surface area contributed by atoms with E-state index >= 15 is 0 Å². The summed E-state index contributed by atoms with van der Waals surface area (Å²) in [7, 11) is 0. The van der Waals surface area contributed by atoms with Crippen LogP contribution in [0.4, 0.5) is 5.69 Å². The monoisotopic (exact) mass is 355 g/mol. The van der Waals surface area contributed by atoms with Crippen molar-refractivity contribution in [1.29, 1.82) is 0 Å². The minimum Gasteiger partial charge on any atom is -0.478 e. The Bertz CT molecular complexity index is 599. The number of carboxylic acid groups (broad SMARTS) is 1. The highest BCUT2D eigenvalue weighted by molar-refractivity contribution is 14.1. The molecule has 18 heavy (non-hydrogen) atoms. The summed E-state index contributed by atoms with van der Waals surface area (Å²) in [5.74, 6) is 0.150. The van der Waals surface area contributed by atoms with Crippen molar-refractivity contribution in [3.8, 4) is 11.5 Å². The van der Waals surface area contributed by atoms with Gasteiger partial charge in [-0.05, 0) is 52.9 Å². The van der Waals surface area contributed by atoms with Crippen LogP contribution < -0.4 is 10.5 Å². The van der Waals surface area contributed by atoms with Crippen molar-refractivity contribution in [2.45, 2.75) is 0 Å². The van der Waals surface area contributed by atoms with Gasteiger partial charge < -0.3 is 15.6 Å². The topological polar surface area (TPSA) is 72.5 Å². The molecule has 0 saturated carbocycles. The van der Waals surface area contributed by atoms with Crippen LogP contribution in [0.15, 0.2) is 42.5 Å². The first-order chi connectivity index (χ1) is 8.56. The lowest BCUT2D eigenvalue weighted by Gasteiger charge is -2.08. The average molecular weight is 355 g/mol. The van der Waals surface area contributed by atoms with Gasteiger partial charge in [0.1, 0.15) is 11.5 Å². The molecule has 4 nitrogen and oxygen atoms in total. The number of rotatable bonds is 3. The maximum Gasteiger partial charge on any atom is 0.337 e. The number of aromatic carboxylic acids is 1. The van der Waals surface area contributed by atoms with E-state index in [9.17, 15) is 4.79 Å². The molecule has 5 heteroatoms. The van der Waals surface area contributed by atoms with Crippen LogP contribution in [0.2, 0.25) is 0 Å². The van der Waals surface area contributed by atoms with E-state index in [1.54, 1.807) is 6.07 Å². The minimum atomic E-state index is -1.05. The number of carboxylic acids is 1. The number of halogens is 1. The molecule has 0 aliphatic carbocycles. The number of anilines is 1. The van der Waals surface area contributed by atoms with E-state index in [2.05, 4.69) is 22.6 Å². The second-order valence-corrected chi connectivity index (χ2v) is 4.86. The van der Waals surface area contributed by atoms with Crippen molar-refractivity contribution >= 4 is 34.2 Å². The van der Waals surface area contributed by atoms with E-state index in [0.717, 1.165) is 3.57 Å². The summed E-state index contributed by atoms with van der Waals surface area (Å²) in [5, 5.41) is 8.86. The first kappa shape index (κ1) is 12.7. The molecule has 0 fully saturated rings. The Morgan fingerprint density at radius 2 is 1.89 bits per heavy atom. The van der Waals surface area contributed by atoms with Gasteiger partial charge in [-0.3, -0.25) is 0 Å². The number of carbonyl (C=O) groups is 1. The molecule has 0 radical (unpaired) electrons. The van der Waals surface area contributed by atoms with E-state index in [1.807, 2.05) is 24.3 Å². The fraction of sp³-hybridized carbons (Fsp3) is 0. The molecular weight excluding hydrogens is 345 g/mol. The fourth-order valence-corrected chi connectivity index (χ4v) is 1.98. The van der Waals surface area contributed by atoms with Crippen LogP contribution in [0.1, 0.15) is 10.4 Å². The van der Waals surface area contributed by atoms with Crippen molar-refractivity contribution in [3.63, 3.8) is 0 Å². The number of ether oxygens (including phenoxy) is 1. The van der Waals surface area contributed by atoms with Crippen LogP contribution in [0, 0.1) is 3.57 Å². The molecule has 0 bridgehead atoms. The first-order valence-corrected chi connectivity index (χ1v) is 6.20. The summed E-state index contributed by atoms with van der Waals surface area (Å²) in [6, 6.07) is 12.1. The molecule has 0 amide bonds. The number of hydrogen-bond acceptors (Lipinski definition) is 3. The molecule has 2 rings (SSSR count). The molecule has 0 heterocycles. The molecule has 3 N–H and O–H groups in total. The van der Waals surface area contributed by atoms with Crippen LogP contribution in [0.25, 0.3) is 0 Å². The third-order valence-electron chi connectivity index (χ3n) is 2.29. The van der Waals surface area contributed by atoms with Crippen LogP contribution >= 0.6 is 22.6 Å². The summed E-state index contributed by atoms with van der Waals surface area (Å²) in [6.45, 7) is 0. The zero-order valence-electron chi connectivity index (χ0n) is 9.26. The van der Waals surface area contributed by atoms with Crippen molar-refractivity contribution < 1.29 is 14.6 Å². The number of hydrogen-bond donors (Lipinski definition) is 2. The Kier molecular flexibility index (Phi) is 3.71. The molecular formula is C13H10INO3. The standard InChI is InChI=1S/C13H10INO3/c14-8-2-1-3-9(6-8)18-10-4-5-11(13(16)17)12(15)7-10/h1-7H,15H2,(H,16,17). The Labute approximate surface area is 118 Å². The van der Waals surface area contributed by atoms with Gasteiger partial charge in [-0.2, -0.15) is 0 Å². The first-order valence-electron chi connectivity index (χ1n) is 5.12. The van der Waals surface area contributed by atoms with Crippen LogP contribution in [-0.2, 0) is 0 Å². The van der Waals surface area contributed by atoms with Gasteiger partial charge in [-0.25, -0.2) is 4.79 Å². The van der Waals surface area contributed by atoms with E-state index in [-0.39, 0.29) is 11.3 Å². The second kappa shape index (κ2) is 5.26. The fourth-order valence-electron chi connectivity index (χ4n) is 1.47. The Morgan fingerprint density at radius 3 is 2.50 bits per heavy atom. The number of benzene rings is 2. The third-order valence-corrected chi connectivity index (χ3v) is 2.96. The van der Waals surface area contributed by atoms with Gasteiger partial charge in [0.2, 0.25) is 0 Å². The van der Waals surface area contributed by atoms with Crippen LogP contribution in [0.3, 0.4) is 0 Å². The van der Waals surface area contributed by atoms with Crippen molar-refractivity contribution in [2.24, 2.45) is 0 Å². The predicted octanol–water partition coefficient (Wildman–Crippen LogP) is 3.36. The quantitative estimate of drug-likeness (QED) is 0.654. The van der Waals surface area contributed by atoms with E-state index in [4.69, 9.17) is 15.6 Å². The zero-order chi connectivity index (χ0) is 13.1. The summed E-state index contributed by atoms with van der Waals surface area (Å²) < 4.78 is 6.65. The molecule has 0 saturated heterocycles. The average Bonchev–Trinajstić information content (AvgIpc) is 2.28. The number of nitrogen functional groups attached to an aromatic ring is 1. The van der Waals surface area contributed by atoms with Crippen LogP contribution in [0.5, 0.6) is 11.5 Å². The third kappa shape index (κ3) is 2.92. The molecule has 0 unspecified atom stereocenters. The highest BCUT2D eigenvalue weighted by atomic mass is 127. The molecule has 2 aromatic rings. The maximum absolute atomic E-state index is 10.8. The summed E-state index contributed by atoms with van der Waals surface area (Å²) >= 11 is 2.19. The lowest BCUT2D eigenvalue weighted by atomic mass is 10.2. The minimum absolute atomic E-state index is 0.0741. The van der Waals surface area contributed by atoms with Crippen molar-refractivity contribution in [3.05, 3.63) is 51.6 Å². The van der Waals surface area contributed by atoms with Gasteiger partial charge in [0.25, 0.3) is 0 Å². The van der Waals surface area contributed by atoms with Crippen molar-refractivity contribution in [2.75, 3.05) is 5.73 Å². The van der Waals surface area contributed by atoms with E-state index in [1.165, 1.54) is 12.1 Å². The zero-order valence-corrected chi connectivity index (χ0v) is 11.4. The summed E-state index contributed by atoms with van der Waals surface area (Å²) in [4.78, 5) is 10.8. The number of nitrogens with two attached hydrogens (primary N) is 1. The molecule has 0 aliphatic heterocycles. The van der Waals surface area contributed by atoms with E-state index < -0.39 is 5.97 Å². The Hall–Kier alpha value is -1.76. The Morgan fingerprint density at radius 1 is 1.17 bits per heavy atom. The van der Waals surface area contributed by atoms with Gasteiger partial charge in [-0.1, -0.05) is 6.07 Å². The van der Waals surface area contributed by atoms with Gasteiger partial charge in [0.15, 0.2) is 0 Å². The van der Waals surface area contributed by atoms with Crippen molar-refractivity contribution in [1.82, 2.24) is 0 Å². The largest absolute Gasteiger partial charge is 0.478 e. The molecule has 0 aromatic heterocycles.